The predicted octanol–water partition coefficient (Wildman–Crippen LogP) is 5.40. The molecule has 5 aromatic rings. The number of nitrogen functional groups attached to an aromatic ring is 1. The second-order valence-corrected chi connectivity index (χ2v) is 12.6. The van der Waals surface area contributed by atoms with Crippen molar-refractivity contribution in [2.24, 2.45) is 20.5 Å². The van der Waals surface area contributed by atoms with Gasteiger partial charge in [-0.25, -0.2) is 0 Å². The molecule has 0 radical (unpaired) electrons. The van der Waals surface area contributed by atoms with Gasteiger partial charge in [-0.1, -0.05) is 24.3 Å². The third-order valence-corrected chi connectivity index (χ3v) is 8.25. The third-order valence-electron chi connectivity index (χ3n) is 6.49. The molecule has 0 heterocycles. The Balaban J connectivity index is 0.00000118. The standard InChI is InChI=1S/C28H23N5O8S2.O3S/c1-41-27-14-25(32-30-18-6-5-16-3-2-4-28(21(16)12-18)43(38,39)40)17(15-34)11-26(27)33-31-24-10-9-23(29)22-13-19(42(35,36)37)7-8-20(22)24;1-4(2)3/h2-14,34H,15,29H2,1H3,(H,35,36,37)(H,38,39,40);. The van der Waals surface area contributed by atoms with E-state index in [4.69, 9.17) is 23.1 Å². The van der Waals surface area contributed by atoms with Crippen molar-refractivity contribution < 1.29 is 48.4 Å². The van der Waals surface area contributed by atoms with E-state index < -0.39 is 37.5 Å². The Morgan fingerprint density at radius 1 is 0.723 bits per heavy atom. The first-order valence-corrected chi connectivity index (χ1v) is 16.7. The Morgan fingerprint density at radius 3 is 2.04 bits per heavy atom. The molecule has 0 aromatic heterocycles. The normalized spacial score (nSPS) is 12.0. The SMILES string of the molecule is COc1cc(N=Nc2ccc3cccc(S(=O)(=O)O)c3c2)c(CO)cc1N=Nc1ccc(N)c2cc(S(=O)(=O)O)ccc12.O=S(=O)=O. The van der Waals surface area contributed by atoms with Crippen molar-refractivity contribution >= 4 is 80.8 Å². The summed E-state index contributed by atoms with van der Waals surface area (Å²) in [7, 11) is -10.6. The largest absolute Gasteiger partial charge is 0.494 e. The lowest BCUT2D eigenvalue weighted by molar-refractivity contribution is 0.282. The highest BCUT2D eigenvalue weighted by molar-refractivity contribution is 7.86. The average molecular weight is 702 g/mol. The summed E-state index contributed by atoms with van der Waals surface area (Å²) < 4.78 is 96.5. The van der Waals surface area contributed by atoms with Gasteiger partial charge in [0.25, 0.3) is 20.2 Å². The first-order chi connectivity index (χ1) is 22.1. The molecular formula is C28H23N5O11S3. The molecule has 0 aliphatic rings. The van der Waals surface area contributed by atoms with Gasteiger partial charge in [0.05, 0.1) is 35.7 Å². The Bertz CT molecular complexity index is 2410. The van der Waals surface area contributed by atoms with Crippen LogP contribution in [0.2, 0.25) is 0 Å². The maximum atomic E-state index is 11.8. The Morgan fingerprint density at radius 2 is 1.40 bits per heavy atom. The van der Waals surface area contributed by atoms with Crippen molar-refractivity contribution in [2.75, 3.05) is 12.8 Å². The molecule has 0 fully saturated rings. The number of aliphatic hydroxyl groups is 1. The molecular weight excluding hydrogens is 679 g/mol. The molecule has 0 unspecified atom stereocenters. The topological polar surface area (TPSA) is 265 Å². The lowest BCUT2D eigenvalue weighted by Gasteiger charge is -2.09. The van der Waals surface area contributed by atoms with E-state index in [1.807, 2.05) is 0 Å². The van der Waals surface area contributed by atoms with Crippen LogP contribution < -0.4 is 10.5 Å². The van der Waals surface area contributed by atoms with Crippen molar-refractivity contribution in [3.8, 4) is 5.75 Å². The van der Waals surface area contributed by atoms with Gasteiger partial charge in [0.1, 0.15) is 16.3 Å². The van der Waals surface area contributed by atoms with Gasteiger partial charge in [-0.3, -0.25) is 9.11 Å². The lowest BCUT2D eigenvalue weighted by Crippen LogP contribution is -1.98. The van der Waals surface area contributed by atoms with Gasteiger partial charge in [0.2, 0.25) is 0 Å². The molecule has 0 saturated carbocycles. The fourth-order valence-electron chi connectivity index (χ4n) is 4.38. The van der Waals surface area contributed by atoms with Crippen molar-refractivity contribution in [1.82, 2.24) is 0 Å². The molecule has 244 valence electrons. The fraction of sp³-hybridized carbons (Fsp3) is 0.0714. The van der Waals surface area contributed by atoms with Crippen LogP contribution in [0.3, 0.4) is 0 Å². The number of hydrogen-bond acceptors (Lipinski definition) is 14. The van der Waals surface area contributed by atoms with Crippen molar-refractivity contribution in [3.05, 3.63) is 84.4 Å². The number of ether oxygens (including phenoxy) is 1. The van der Waals surface area contributed by atoms with Crippen LogP contribution in [0, 0.1) is 0 Å². The van der Waals surface area contributed by atoms with Crippen molar-refractivity contribution in [2.45, 2.75) is 16.4 Å². The molecule has 0 bridgehead atoms. The van der Waals surface area contributed by atoms with E-state index in [1.165, 1.54) is 61.7 Å². The van der Waals surface area contributed by atoms with Crippen LogP contribution in [0.5, 0.6) is 5.75 Å². The number of aliphatic hydroxyl groups excluding tert-OH is 1. The van der Waals surface area contributed by atoms with Crippen molar-refractivity contribution in [3.63, 3.8) is 0 Å². The third kappa shape index (κ3) is 8.35. The van der Waals surface area contributed by atoms with Gasteiger partial charge in [0.15, 0.2) is 0 Å². The molecule has 0 aliphatic heterocycles. The first-order valence-electron chi connectivity index (χ1n) is 12.8. The number of nitrogens with two attached hydrogens (primary N) is 1. The second kappa shape index (κ2) is 14.1. The summed E-state index contributed by atoms with van der Waals surface area (Å²) in [6.07, 6.45) is 0. The minimum Gasteiger partial charge on any atom is -0.494 e. The summed E-state index contributed by atoms with van der Waals surface area (Å²) >= 11 is 0. The smallest absolute Gasteiger partial charge is 0.425 e. The minimum atomic E-state index is -4.47. The van der Waals surface area contributed by atoms with Crippen LogP contribution in [0.4, 0.5) is 28.4 Å². The first kappa shape index (κ1) is 34.7. The van der Waals surface area contributed by atoms with E-state index in [0.717, 1.165) is 0 Å². The maximum absolute atomic E-state index is 11.8. The number of nitrogens with zero attached hydrogens (tertiary/aromatic N) is 4. The molecule has 0 amide bonds. The zero-order valence-corrected chi connectivity index (χ0v) is 26.4. The highest BCUT2D eigenvalue weighted by Crippen LogP contribution is 2.39. The van der Waals surface area contributed by atoms with E-state index in [9.17, 15) is 31.0 Å². The van der Waals surface area contributed by atoms with Crippen LogP contribution >= 0.6 is 0 Å². The Kier molecular flexibility index (Phi) is 10.4. The van der Waals surface area contributed by atoms with Gasteiger partial charge in [-0.15, -0.1) is 22.9 Å². The number of fused-ring (bicyclic) bond motifs is 2. The monoisotopic (exact) mass is 701 g/mol. The Hall–Kier alpha value is -5.18. The van der Waals surface area contributed by atoms with Crippen LogP contribution in [0.25, 0.3) is 21.5 Å². The van der Waals surface area contributed by atoms with Crippen molar-refractivity contribution in [1.29, 1.82) is 0 Å². The van der Waals surface area contributed by atoms with Gasteiger partial charge in [0, 0.05) is 33.5 Å². The van der Waals surface area contributed by atoms with Gasteiger partial charge >= 0.3 is 10.6 Å². The Labute approximate surface area is 268 Å². The zero-order valence-electron chi connectivity index (χ0n) is 23.9. The zero-order chi connectivity index (χ0) is 34.5. The fourth-order valence-corrected chi connectivity index (χ4v) is 5.59. The molecule has 5 rings (SSSR count). The van der Waals surface area contributed by atoms with E-state index in [2.05, 4.69) is 20.5 Å². The summed E-state index contributed by atoms with van der Waals surface area (Å²) in [5, 5.41) is 28.6. The quantitative estimate of drug-likeness (QED) is 0.0900. The number of anilines is 1. The van der Waals surface area contributed by atoms with E-state index in [1.54, 1.807) is 24.3 Å². The highest BCUT2D eigenvalue weighted by Gasteiger charge is 2.16. The average Bonchev–Trinajstić information content (AvgIpc) is 3.01. The summed E-state index contributed by atoms with van der Waals surface area (Å²) in [6.45, 7) is -0.436. The van der Waals surface area contributed by atoms with Crippen LogP contribution in [0.15, 0.2) is 109 Å². The highest BCUT2D eigenvalue weighted by atomic mass is 32.2. The molecule has 0 spiro atoms. The molecule has 0 atom stereocenters. The summed E-state index contributed by atoms with van der Waals surface area (Å²) in [5.74, 6) is 0.246. The number of hydrogen-bond donors (Lipinski definition) is 4. The summed E-state index contributed by atoms with van der Waals surface area (Å²) in [5.41, 5.74) is 7.76. The number of azo groups is 2. The molecule has 0 aliphatic carbocycles. The molecule has 5 aromatic carbocycles. The van der Waals surface area contributed by atoms with Crippen LogP contribution in [0.1, 0.15) is 5.56 Å². The number of benzene rings is 5. The van der Waals surface area contributed by atoms with Gasteiger partial charge in [-0.2, -0.15) is 27.1 Å². The lowest BCUT2D eigenvalue weighted by atomic mass is 10.1. The van der Waals surface area contributed by atoms with E-state index in [0.29, 0.717) is 33.1 Å². The predicted molar refractivity (Wildman–Crippen MR) is 169 cm³/mol. The summed E-state index contributed by atoms with van der Waals surface area (Å²) in [6, 6.07) is 19.2. The van der Waals surface area contributed by atoms with E-state index >= 15 is 0 Å². The maximum Gasteiger partial charge on any atom is 0.425 e. The van der Waals surface area contributed by atoms with E-state index in [-0.39, 0.29) is 38.0 Å². The van der Waals surface area contributed by atoms with Gasteiger partial charge < -0.3 is 15.6 Å². The molecule has 0 saturated heterocycles. The molecule has 16 nitrogen and oxygen atoms in total. The van der Waals surface area contributed by atoms with Crippen LogP contribution in [-0.4, -0.2) is 50.8 Å². The molecule has 47 heavy (non-hydrogen) atoms. The second-order valence-electron chi connectivity index (χ2n) is 9.41. The van der Waals surface area contributed by atoms with Gasteiger partial charge in [-0.05, 0) is 53.9 Å². The molecule has 5 N–H and O–H groups in total. The number of methoxy groups -OCH3 is 1. The minimum absolute atomic E-state index is 0.244. The molecule has 19 heteroatoms. The van der Waals surface area contributed by atoms with Crippen LogP contribution in [-0.2, 0) is 37.5 Å². The summed E-state index contributed by atoms with van der Waals surface area (Å²) in [4.78, 5) is -0.579. The number of rotatable bonds is 8.